The molecule has 0 aromatic carbocycles. The largest absolute Gasteiger partial charge is 0.454 e. The summed E-state index contributed by atoms with van der Waals surface area (Å²) >= 11 is 0. The van der Waals surface area contributed by atoms with E-state index in [2.05, 4.69) is 99.0 Å². The number of amides is 1. The number of hydrogen-bond donors (Lipinski definition) is 6. The number of carbonyl (C=O) groups is 2. The van der Waals surface area contributed by atoms with E-state index in [0.717, 1.165) is 89.9 Å². The van der Waals surface area contributed by atoms with Gasteiger partial charge in [-0.15, -0.1) is 0 Å². The molecular weight excluding hydrogens is 1150 g/mol. The van der Waals surface area contributed by atoms with Crippen molar-refractivity contribution in [1.29, 1.82) is 0 Å². The molecule has 11 nitrogen and oxygen atoms in total. The van der Waals surface area contributed by atoms with E-state index in [1.54, 1.807) is 6.08 Å². The molecule has 0 bridgehead atoms. The Bertz CT molecular complexity index is 1830. The standard InChI is InChI=1S/C81H145NO10/c1-4-7-10-13-16-19-22-25-27-29-31-33-35-37-38-39-41-43-45-47-49-51-54-57-60-63-66-69-76(86)92-79-78(88)77(87)75(70-83)91-81(79)90-71-72(73(84)67-64-61-58-55-52-24-21-18-15-12-9-6-3)82-80(89)74(85)68-65-62-59-56-53-50-48-46-44-42-40-36-34-32-30-28-26-23-20-17-14-11-8-5-2/h16-17,19-20,25-28,31-34,64,67,72-75,77-79,81,83-85,87-88H,4-15,18,21-24,29-30,35-63,65-66,68-71H2,1-3H3,(H,82,89)/b19-16-,20-17-,27-25-,28-26-,33-31-,34-32-,67-64+. The Balaban J connectivity index is 2.51. The summed E-state index contributed by atoms with van der Waals surface area (Å²) in [5, 5.41) is 57.4. The van der Waals surface area contributed by atoms with E-state index in [9.17, 15) is 35.1 Å². The second kappa shape index (κ2) is 67.8. The molecule has 1 heterocycles. The van der Waals surface area contributed by atoms with Gasteiger partial charge in [0.1, 0.15) is 24.4 Å². The fourth-order valence-corrected chi connectivity index (χ4v) is 11.9. The van der Waals surface area contributed by atoms with Gasteiger partial charge in [0, 0.05) is 6.42 Å². The molecule has 92 heavy (non-hydrogen) atoms. The number of ether oxygens (including phenoxy) is 3. The lowest BCUT2D eigenvalue weighted by Gasteiger charge is -2.41. The Morgan fingerprint density at radius 2 is 0.750 bits per heavy atom. The number of allylic oxidation sites excluding steroid dienone is 13. The van der Waals surface area contributed by atoms with Crippen LogP contribution in [0.5, 0.6) is 0 Å². The quantitative estimate of drug-likeness (QED) is 0.0195. The fourth-order valence-electron chi connectivity index (χ4n) is 11.9. The van der Waals surface area contributed by atoms with Gasteiger partial charge in [0.25, 0.3) is 0 Å². The van der Waals surface area contributed by atoms with Crippen molar-refractivity contribution in [2.75, 3.05) is 13.2 Å². The lowest BCUT2D eigenvalue weighted by molar-refractivity contribution is -0.305. The normalized spacial score (nSPS) is 18.4. The maximum Gasteiger partial charge on any atom is 0.306 e. The second-order valence-corrected chi connectivity index (χ2v) is 26.7. The Labute approximate surface area is 565 Å². The minimum atomic E-state index is -1.62. The number of aliphatic hydroxyl groups excluding tert-OH is 5. The van der Waals surface area contributed by atoms with Gasteiger partial charge < -0.3 is 45.1 Å². The van der Waals surface area contributed by atoms with E-state index in [1.165, 1.54) is 218 Å². The van der Waals surface area contributed by atoms with Crippen molar-refractivity contribution in [3.05, 3.63) is 85.1 Å². The summed E-state index contributed by atoms with van der Waals surface area (Å²) in [4.78, 5) is 26.8. The van der Waals surface area contributed by atoms with Crippen LogP contribution in [0.25, 0.3) is 0 Å². The molecule has 1 saturated heterocycles. The van der Waals surface area contributed by atoms with Crippen molar-refractivity contribution in [3.63, 3.8) is 0 Å². The molecule has 534 valence electrons. The molecule has 11 heteroatoms. The van der Waals surface area contributed by atoms with Crippen LogP contribution in [0.3, 0.4) is 0 Å². The molecule has 1 amide bonds. The SMILES string of the molecule is CCCCC/C=C\C/C=C\C/C=C\CCCCCCCCCCCCCCCCC(=O)OC1C(OCC(NC(=O)C(O)CCCCCCCCCCCCC/C=C\C/C=C\C/C=C\CCCCC)C(O)/C=C/CCCCCCCCCCCC)OC(CO)C(O)C1O. The zero-order valence-electron chi connectivity index (χ0n) is 59.7. The molecule has 1 aliphatic rings. The first-order valence-corrected chi connectivity index (χ1v) is 38.9. The van der Waals surface area contributed by atoms with E-state index in [-0.39, 0.29) is 19.4 Å². The van der Waals surface area contributed by atoms with Gasteiger partial charge in [0.2, 0.25) is 5.91 Å². The number of hydrogen-bond acceptors (Lipinski definition) is 10. The topological polar surface area (TPSA) is 175 Å². The predicted molar refractivity (Wildman–Crippen MR) is 389 cm³/mol. The van der Waals surface area contributed by atoms with Gasteiger partial charge in [0.05, 0.1) is 25.4 Å². The van der Waals surface area contributed by atoms with Gasteiger partial charge >= 0.3 is 5.97 Å². The first-order chi connectivity index (χ1) is 45.2. The van der Waals surface area contributed by atoms with E-state index in [1.807, 2.05) is 6.08 Å². The molecule has 1 rings (SSSR count). The van der Waals surface area contributed by atoms with Crippen LogP contribution in [0.15, 0.2) is 85.1 Å². The molecule has 8 unspecified atom stereocenters. The van der Waals surface area contributed by atoms with Crippen LogP contribution in [-0.4, -0.2) is 99.6 Å². The molecule has 0 aromatic heterocycles. The van der Waals surface area contributed by atoms with Gasteiger partial charge in [-0.1, -0.05) is 331 Å². The number of unbranched alkanes of at least 4 members (excludes halogenated alkanes) is 41. The zero-order chi connectivity index (χ0) is 66.7. The van der Waals surface area contributed by atoms with Crippen LogP contribution in [0, 0.1) is 0 Å². The third kappa shape index (κ3) is 54.0. The highest BCUT2D eigenvalue weighted by Gasteiger charge is 2.47. The first kappa shape index (κ1) is 86.9. The van der Waals surface area contributed by atoms with Crippen molar-refractivity contribution in [2.24, 2.45) is 0 Å². The summed E-state index contributed by atoms with van der Waals surface area (Å²) in [5.74, 6) is -1.19. The number of carbonyl (C=O) groups excluding carboxylic acids is 2. The summed E-state index contributed by atoms with van der Waals surface area (Å²) in [7, 11) is 0. The molecule has 6 N–H and O–H groups in total. The molecule has 8 atom stereocenters. The lowest BCUT2D eigenvalue weighted by Crippen LogP contribution is -2.61. The average molecular weight is 1290 g/mol. The van der Waals surface area contributed by atoms with Crippen LogP contribution in [-0.2, 0) is 23.8 Å². The van der Waals surface area contributed by atoms with Gasteiger partial charge in [0.15, 0.2) is 12.4 Å². The highest BCUT2D eigenvalue weighted by molar-refractivity contribution is 5.80. The van der Waals surface area contributed by atoms with Crippen LogP contribution >= 0.6 is 0 Å². The lowest BCUT2D eigenvalue weighted by atomic mass is 9.99. The van der Waals surface area contributed by atoms with Gasteiger partial charge in [-0.3, -0.25) is 9.59 Å². The third-order valence-corrected chi connectivity index (χ3v) is 18.0. The Morgan fingerprint density at radius 1 is 0.424 bits per heavy atom. The monoisotopic (exact) mass is 1290 g/mol. The van der Waals surface area contributed by atoms with Crippen molar-refractivity contribution in [2.45, 2.75) is 404 Å². The van der Waals surface area contributed by atoms with Crippen molar-refractivity contribution < 1.29 is 49.3 Å². The minimum absolute atomic E-state index is 0.121. The predicted octanol–water partition coefficient (Wildman–Crippen LogP) is 20.8. The number of nitrogens with one attached hydrogen (secondary N) is 1. The molecule has 0 spiro atoms. The van der Waals surface area contributed by atoms with E-state index in [4.69, 9.17) is 14.2 Å². The van der Waals surface area contributed by atoms with Gasteiger partial charge in [-0.25, -0.2) is 0 Å². The van der Waals surface area contributed by atoms with Crippen molar-refractivity contribution in [3.8, 4) is 0 Å². The molecule has 1 aliphatic heterocycles. The zero-order valence-corrected chi connectivity index (χ0v) is 59.7. The van der Waals surface area contributed by atoms with E-state index < -0.39 is 67.4 Å². The van der Waals surface area contributed by atoms with Gasteiger partial charge in [-0.2, -0.15) is 0 Å². The van der Waals surface area contributed by atoms with Crippen LogP contribution in [0.2, 0.25) is 0 Å². The molecule has 0 aromatic rings. The molecule has 0 saturated carbocycles. The minimum Gasteiger partial charge on any atom is -0.454 e. The van der Waals surface area contributed by atoms with Crippen molar-refractivity contribution >= 4 is 11.9 Å². The number of rotatable bonds is 67. The number of esters is 1. The first-order valence-electron chi connectivity index (χ1n) is 38.9. The van der Waals surface area contributed by atoms with Crippen LogP contribution in [0.1, 0.15) is 355 Å². The van der Waals surface area contributed by atoms with Gasteiger partial charge in [-0.05, 0) is 103 Å². The maximum absolute atomic E-state index is 13.5. The summed E-state index contributed by atoms with van der Waals surface area (Å²) in [6, 6.07) is -1.03. The van der Waals surface area contributed by atoms with E-state index in [0.29, 0.717) is 12.8 Å². The number of aliphatic hydroxyl groups is 5. The fraction of sp³-hybridized carbons (Fsp3) is 0.802. The summed E-state index contributed by atoms with van der Waals surface area (Å²) in [6.07, 6.45) is 80.5. The smallest absolute Gasteiger partial charge is 0.306 e. The molecule has 0 aliphatic carbocycles. The molecular formula is C81H145NO10. The summed E-state index contributed by atoms with van der Waals surface area (Å²) in [5.41, 5.74) is 0. The summed E-state index contributed by atoms with van der Waals surface area (Å²) in [6.45, 7) is 5.78. The second-order valence-electron chi connectivity index (χ2n) is 26.7. The third-order valence-electron chi connectivity index (χ3n) is 18.0. The average Bonchev–Trinajstić information content (AvgIpc) is 0.875. The molecule has 1 fully saturated rings. The highest BCUT2D eigenvalue weighted by atomic mass is 16.7. The van der Waals surface area contributed by atoms with E-state index >= 15 is 0 Å². The Morgan fingerprint density at radius 3 is 1.14 bits per heavy atom. The molecule has 0 radical (unpaired) electrons. The Hall–Kier alpha value is -3.16. The summed E-state index contributed by atoms with van der Waals surface area (Å²) < 4.78 is 17.7. The van der Waals surface area contributed by atoms with Crippen LogP contribution < -0.4 is 5.32 Å². The highest BCUT2D eigenvalue weighted by Crippen LogP contribution is 2.26. The maximum atomic E-state index is 13.5. The Kier molecular flexibility index (Phi) is 64.0. The van der Waals surface area contributed by atoms with Crippen LogP contribution in [0.4, 0.5) is 0 Å². The van der Waals surface area contributed by atoms with Crippen molar-refractivity contribution in [1.82, 2.24) is 5.32 Å².